The normalized spacial score (nSPS) is 13.6. The molecule has 1 aliphatic heterocycles. The van der Waals surface area contributed by atoms with E-state index in [1.54, 1.807) is 37.8 Å². The van der Waals surface area contributed by atoms with Crippen molar-refractivity contribution in [3.05, 3.63) is 46.3 Å². The fourth-order valence-electron chi connectivity index (χ4n) is 4.47. The molecule has 10 heteroatoms. The van der Waals surface area contributed by atoms with Gasteiger partial charge in [-0.15, -0.1) is 0 Å². The number of ketones is 1. The van der Waals surface area contributed by atoms with Crippen LogP contribution >= 0.6 is 0 Å². The van der Waals surface area contributed by atoms with Crippen LogP contribution in [0.3, 0.4) is 0 Å². The fraction of sp³-hybridized carbons (Fsp3) is 0.458. The molecule has 0 radical (unpaired) electrons. The average molecular weight is 490 g/mol. The summed E-state index contributed by atoms with van der Waals surface area (Å²) in [7, 11) is -2.36. The Morgan fingerprint density at radius 2 is 1.85 bits per heavy atom. The van der Waals surface area contributed by atoms with Crippen LogP contribution in [0.2, 0.25) is 0 Å². The number of hydrogen-bond acceptors (Lipinski definition) is 6. The number of H-pyrrole nitrogens is 1. The van der Waals surface area contributed by atoms with E-state index in [4.69, 9.17) is 4.74 Å². The SMILES string of the molecule is CCN(CC)S(=O)(=O)c1ccc2c(c1)CCCN2C(=O)Cc1[nH]c(C(C)=O)c(C)c1C(=O)OC. The number of carbonyl (C=O) groups excluding carboxylic acids is 3. The molecule has 3 rings (SSSR count). The quantitative estimate of drug-likeness (QED) is 0.450. The minimum Gasteiger partial charge on any atom is -0.465 e. The lowest BCUT2D eigenvalue weighted by molar-refractivity contribution is -0.118. The Bertz CT molecular complexity index is 1230. The van der Waals surface area contributed by atoms with Crippen LogP contribution in [-0.2, 0) is 32.4 Å². The number of aryl methyl sites for hydroxylation is 1. The summed E-state index contributed by atoms with van der Waals surface area (Å²) in [5.41, 5.74) is 2.69. The summed E-state index contributed by atoms with van der Waals surface area (Å²) in [5, 5.41) is 0. The highest BCUT2D eigenvalue weighted by Crippen LogP contribution is 2.31. The number of benzene rings is 1. The van der Waals surface area contributed by atoms with Gasteiger partial charge in [0.15, 0.2) is 5.78 Å². The van der Waals surface area contributed by atoms with Gasteiger partial charge < -0.3 is 14.6 Å². The number of sulfonamides is 1. The fourth-order valence-corrected chi connectivity index (χ4v) is 5.98. The van der Waals surface area contributed by atoms with Crippen LogP contribution in [0.15, 0.2) is 23.1 Å². The Balaban J connectivity index is 1.94. The number of Topliss-reactive ketones (excluding diaryl/α,β-unsaturated/α-hetero) is 1. The van der Waals surface area contributed by atoms with Crippen molar-refractivity contribution in [2.45, 2.75) is 51.9 Å². The molecule has 184 valence electrons. The smallest absolute Gasteiger partial charge is 0.339 e. The summed E-state index contributed by atoms with van der Waals surface area (Å²) in [5.74, 6) is -1.12. The maximum absolute atomic E-state index is 13.3. The second-order valence-corrected chi connectivity index (χ2v) is 10.2. The minimum atomic E-state index is -3.61. The Labute approximate surface area is 200 Å². The van der Waals surface area contributed by atoms with E-state index in [1.165, 1.54) is 24.4 Å². The van der Waals surface area contributed by atoms with Crippen LogP contribution in [0.25, 0.3) is 0 Å². The van der Waals surface area contributed by atoms with Crippen molar-refractivity contribution in [2.75, 3.05) is 31.6 Å². The zero-order valence-electron chi connectivity index (χ0n) is 20.2. The van der Waals surface area contributed by atoms with Crippen LogP contribution < -0.4 is 4.90 Å². The molecule has 2 heterocycles. The lowest BCUT2D eigenvalue weighted by atomic mass is 10.0. The van der Waals surface area contributed by atoms with Crippen LogP contribution in [0.5, 0.6) is 0 Å². The Hall–Kier alpha value is -2.98. The van der Waals surface area contributed by atoms with Gasteiger partial charge in [0, 0.05) is 37.9 Å². The van der Waals surface area contributed by atoms with Crippen molar-refractivity contribution in [2.24, 2.45) is 0 Å². The lowest BCUT2D eigenvalue weighted by Gasteiger charge is -2.30. The van der Waals surface area contributed by atoms with Gasteiger partial charge >= 0.3 is 5.97 Å². The van der Waals surface area contributed by atoms with E-state index >= 15 is 0 Å². The van der Waals surface area contributed by atoms with Crippen molar-refractivity contribution in [3.63, 3.8) is 0 Å². The van der Waals surface area contributed by atoms with Crippen LogP contribution in [0.4, 0.5) is 5.69 Å². The molecule has 0 bridgehead atoms. The molecule has 34 heavy (non-hydrogen) atoms. The van der Waals surface area contributed by atoms with Crippen molar-refractivity contribution >= 4 is 33.4 Å². The van der Waals surface area contributed by atoms with Crippen molar-refractivity contribution in [1.29, 1.82) is 0 Å². The third-order valence-electron chi connectivity index (χ3n) is 6.21. The first-order chi connectivity index (χ1) is 16.1. The highest BCUT2D eigenvalue weighted by atomic mass is 32.2. The summed E-state index contributed by atoms with van der Waals surface area (Å²) in [6.07, 6.45) is 1.21. The molecular formula is C24H31N3O6S. The first kappa shape index (κ1) is 25.6. The van der Waals surface area contributed by atoms with E-state index in [9.17, 15) is 22.8 Å². The number of esters is 1. The summed E-state index contributed by atoms with van der Waals surface area (Å²) in [6, 6.07) is 4.85. The Kier molecular flexibility index (Phi) is 7.62. The molecule has 0 aliphatic carbocycles. The molecule has 1 aliphatic rings. The van der Waals surface area contributed by atoms with E-state index in [2.05, 4.69) is 4.98 Å². The molecule has 0 atom stereocenters. The number of hydrogen-bond donors (Lipinski definition) is 1. The van der Waals surface area contributed by atoms with Crippen LogP contribution in [0.1, 0.15) is 64.9 Å². The van der Waals surface area contributed by atoms with Crippen molar-refractivity contribution < 1.29 is 27.5 Å². The van der Waals surface area contributed by atoms with Gasteiger partial charge in [-0.3, -0.25) is 9.59 Å². The summed E-state index contributed by atoms with van der Waals surface area (Å²) in [6.45, 7) is 7.84. The molecule has 0 unspecified atom stereocenters. The molecule has 0 saturated heterocycles. The third kappa shape index (κ3) is 4.65. The molecular weight excluding hydrogens is 458 g/mol. The first-order valence-electron chi connectivity index (χ1n) is 11.3. The van der Waals surface area contributed by atoms with Gasteiger partial charge in [0.05, 0.1) is 29.7 Å². The van der Waals surface area contributed by atoms with Crippen molar-refractivity contribution in [3.8, 4) is 0 Å². The molecule has 1 amide bonds. The predicted molar refractivity (Wildman–Crippen MR) is 128 cm³/mol. The predicted octanol–water partition coefficient (Wildman–Crippen LogP) is 2.86. The number of carbonyl (C=O) groups is 3. The second kappa shape index (κ2) is 10.1. The molecule has 1 N–H and O–H groups in total. The van der Waals surface area contributed by atoms with E-state index < -0.39 is 16.0 Å². The lowest BCUT2D eigenvalue weighted by Crippen LogP contribution is -2.37. The van der Waals surface area contributed by atoms with Gasteiger partial charge in [0.1, 0.15) is 0 Å². The van der Waals surface area contributed by atoms with Gasteiger partial charge in [-0.1, -0.05) is 13.8 Å². The molecule has 0 spiro atoms. The monoisotopic (exact) mass is 489 g/mol. The van der Waals surface area contributed by atoms with Crippen LogP contribution in [-0.4, -0.2) is 62.1 Å². The molecule has 9 nitrogen and oxygen atoms in total. The van der Waals surface area contributed by atoms with E-state index in [0.29, 0.717) is 49.4 Å². The number of aromatic amines is 1. The number of methoxy groups -OCH3 is 1. The number of fused-ring (bicyclic) bond motifs is 1. The average Bonchev–Trinajstić information content (AvgIpc) is 3.14. The molecule has 0 fully saturated rings. The zero-order valence-corrected chi connectivity index (χ0v) is 21.0. The number of nitrogens with one attached hydrogen (secondary N) is 1. The molecule has 0 saturated carbocycles. The van der Waals surface area contributed by atoms with Gasteiger partial charge in [-0.05, 0) is 49.1 Å². The van der Waals surface area contributed by atoms with E-state index in [1.807, 2.05) is 0 Å². The number of anilines is 1. The summed E-state index contributed by atoms with van der Waals surface area (Å²) in [4.78, 5) is 42.4. The summed E-state index contributed by atoms with van der Waals surface area (Å²) >= 11 is 0. The maximum Gasteiger partial charge on any atom is 0.339 e. The summed E-state index contributed by atoms with van der Waals surface area (Å²) < 4.78 is 32.1. The molecule has 1 aromatic carbocycles. The number of amides is 1. The first-order valence-corrected chi connectivity index (χ1v) is 12.7. The number of ether oxygens (including phenoxy) is 1. The van der Waals surface area contributed by atoms with Gasteiger partial charge in [-0.2, -0.15) is 4.31 Å². The van der Waals surface area contributed by atoms with Crippen molar-refractivity contribution in [1.82, 2.24) is 9.29 Å². The van der Waals surface area contributed by atoms with E-state index in [0.717, 1.165) is 5.56 Å². The molecule has 2 aromatic rings. The van der Waals surface area contributed by atoms with Crippen LogP contribution in [0, 0.1) is 6.92 Å². The Morgan fingerprint density at radius 3 is 2.44 bits per heavy atom. The highest BCUT2D eigenvalue weighted by molar-refractivity contribution is 7.89. The Morgan fingerprint density at radius 1 is 1.18 bits per heavy atom. The standard InChI is InChI=1S/C24H31N3O6S/c1-6-26(7-2)34(31,32)18-10-11-20-17(13-18)9-8-12-27(20)21(29)14-19-22(24(30)33-5)15(3)23(25-19)16(4)28/h10-11,13,25H,6-9,12,14H2,1-5H3. The largest absolute Gasteiger partial charge is 0.465 e. The minimum absolute atomic E-state index is 0.127. The van der Waals surface area contributed by atoms with E-state index in [-0.39, 0.29) is 34.3 Å². The zero-order chi connectivity index (χ0) is 25.2. The number of aromatic nitrogens is 1. The topological polar surface area (TPSA) is 117 Å². The van der Waals surface area contributed by atoms with Gasteiger partial charge in [0.25, 0.3) is 0 Å². The number of rotatable bonds is 8. The second-order valence-electron chi connectivity index (χ2n) is 8.23. The van der Waals surface area contributed by atoms with Gasteiger partial charge in [-0.25, -0.2) is 13.2 Å². The van der Waals surface area contributed by atoms with Gasteiger partial charge in [0.2, 0.25) is 15.9 Å². The maximum atomic E-state index is 13.3. The number of nitrogens with zero attached hydrogens (tertiary/aromatic N) is 2. The third-order valence-corrected chi connectivity index (χ3v) is 8.26. The highest BCUT2D eigenvalue weighted by Gasteiger charge is 2.29. The molecule has 1 aromatic heterocycles.